The van der Waals surface area contributed by atoms with Crippen LogP contribution in [-0.2, 0) is 0 Å². The van der Waals surface area contributed by atoms with E-state index in [-0.39, 0.29) is 17.8 Å². The molecule has 6 nitrogen and oxygen atoms in total. The summed E-state index contributed by atoms with van der Waals surface area (Å²) in [5.74, 6) is -0.431. The quantitative estimate of drug-likeness (QED) is 0.737. The molecule has 1 amide bonds. The molecule has 0 unspecified atom stereocenters. The van der Waals surface area contributed by atoms with E-state index in [2.05, 4.69) is 10.1 Å². The normalized spacial score (nSPS) is 17.6. The van der Waals surface area contributed by atoms with Gasteiger partial charge in [0.2, 0.25) is 0 Å². The predicted octanol–water partition coefficient (Wildman–Crippen LogP) is 2.69. The van der Waals surface area contributed by atoms with Gasteiger partial charge >= 0.3 is 0 Å². The number of amides is 1. The molecule has 0 bridgehead atoms. The summed E-state index contributed by atoms with van der Waals surface area (Å²) in [4.78, 5) is 18.7. The van der Waals surface area contributed by atoms with Gasteiger partial charge in [0.25, 0.3) is 5.91 Å². The van der Waals surface area contributed by atoms with E-state index in [1.807, 2.05) is 15.7 Å². The molecule has 128 valence electrons. The van der Waals surface area contributed by atoms with Crippen molar-refractivity contribution >= 4 is 5.91 Å². The molecule has 0 aliphatic carbocycles. The SMILES string of the molecule is O=C(c1ccn(-c2cccc(F)c2)n1)N1CCC[C@@H](n2ccnc2)C1. The minimum Gasteiger partial charge on any atom is -0.335 e. The number of carbonyl (C=O) groups excluding carboxylic acids is 1. The van der Waals surface area contributed by atoms with Crippen LogP contribution in [0.1, 0.15) is 29.4 Å². The number of halogens is 1. The molecule has 3 aromatic rings. The molecule has 3 heterocycles. The van der Waals surface area contributed by atoms with Crippen LogP contribution in [0.3, 0.4) is 0 Å². The maximum atomic E-state index is 13.4. The Labute approximate surface area is 144 Å². The molecule has 4 rings (SSSR count). The number of piperidine rings is 1. The van der Waals surface area contributed by atoms with E-state index >= 15 is 0 Å². The molecule has 1 aromatic carbocycles. The van der Waals surface area contributed by atoms with Crippen LogP contribution in [0.2, 0.25) is 0 Å². The first-order chi connectivity index (χ1) is 12.2. The van der Waals surface area contributed by atoms with Crippen molar-refractivity contribution in [3.05, 3.63) is 66.8 Å². The number of hydrogen-bond acceptors (Lipinski definition) is 3. The summed E-state index contributed by atoms with van der Waals surface area (Å²) in [6.45, 7) is 1.36. The summed E-state index contributed by atoms with van der Waals surface area (Å²) < 4.78 is 16.9. The second-order valence-electron chi connectivity index (χ2n) is 6.18. The number of aromatic nitrogens is 4. The smallest absolute Gasteiger partial charge is 0.274 e. The highest BCUT2D eigenvalue weighted by Crippen LogP contribution is 2.22. The molecule has 0 N–H and O–H groups in total. The number of rotatable bonds is 3. The van der Waals surface area contributed by atoms with Crippen molar-refractivity contribution in [3.8, 4) is 5.69 Å². The fourth-order valence-corrected chi connectivity index (χ4v) is 3.23. The van der Waals surface area contributed by atoms with Crippen LogP contribution >= 0.6 is 0 Å². The van der Waals surface area contributed by atoms with E-state index < -0.39 is 0 Å². The van der Waals surface area contributed by atoms with Gasteiger partial charge in [-0.15, -0.1) is 0 Å². The van der Waals surface area contributed by atoms with Gasteiger partial charge in [-0.1, -0.05) is 6.07 Å². The van der Waals surface area contributed by atoms with E-state index in [1.54, 1.807) is 36.9 Å². The Morgan fingerprint density at radius 3 is 2.96 bits per heavy atom. The van der Waals surface area contributed by atoms with E-state index in [0.717, 1.165) is 19.4 Å². The fourth-order valence-electron chi connectivity index (χ4n) is 3.23. The lowest BCUT2D eigenvalue weighted by molar-refractivity contribution is 0.0673. The summed E-state index contributed by atoms with van der Waals surface area (Å²) in [5, 5.41) is 4.32. The van der Waals surface area contributed by atoms with Gasteiger partial charge in [0.1, 0.15) is 5.82 Å². The summed E-state index contributed by atoms with van der Waals surface area (Å²) in [5.41, 5.74) is 0.963. The van der Waals surface area contributed by atoms with Crippen molar-refractivity contribution in [1.29, 1.82) is 0 Å². The first-order valence-corrected chi connectivity index (χ1v) is 8.29. The highest BCUT2D eigenvalue weighted by atomic mass is 19.1. The maximum Gasteiger partial charge on any atom is 0.274 e. The fraction of sp³-hybridized carbons (Fsp3) is 0.278. The Morgan fingerprint density at radius 2 is 2.16 bits per heavy atom. The number of nitrogens with zero attached hydrogens (tertiary/aromatic N) is 5. The minimum absolute atomic E-state index is 0.0973. The van der Waals surface area contributed by atoms with Crippen molar-refractivity contribution in [1.82, 2.24) is 24.2 Å². The van der Waals surface area contributed by atoms with Gasteiger partial charge in [0.05, 0.1) is 18.1 Å². The minimum atomic E-state index is -0.333. The van der Waals surface area contributed by atoms with Crippen LogP contribution in [0.25, 0.3) is 5.69 Å². The van der Waals surface area contributed by atoms with Crippen molar-refractivity contribution in [2.45, 2.75) is 18.9 Å². The summed E-state index contributed by atoms with van der Waals surface area (Å²) in [6.07, 6.45) is 9.12. The second-order valence-corrected chi connectivity index (χ2v) is 6.18. The van der Waals surface area contributed by atoms with E-state index in [1.165, 1.54) is 16.8 Å². The van der Waals surface area contributed by atoms with Gasteiger partial charge in [-0.05, 0) is 37.1 Å². The number of imidazole rings is 1. The van der Waals surface area contributed by atoms with E-state index in [0.29, 0.717) is 17.9 Å². The zero-order valence-electron chi connectivity index (χ0n) is 13.6. The van der Waals surface area contributed by atoms with Crippen LogP contribution in [0.15, 0.2) is 55.2 Å². The first-order valence-electron chi connectivity index (χ1n) is 8.29. The molecule has 1 aliphatic heterocycles. The molecule has 0 spiro atoms. The van der Waals surface area contributed by atoms with Crippen molar-refractivity contribution in [3.63, 3.8) is 0 Å². The van der Waals surface area contributed by atoms with Crippen molar-refractivity contribution in [2.75, 3.05) is 13.1 Å². The highest BCUT2D eigenvalue weighted by Gasteiger charge is 2.26. The molecule has 0 saturated carbocycles. The van der Waals surface area contributed by atoms with Gasteiger partial charge in [-0.2, -0.15) is 5.10 Å². The predicted molar refractivity (Wildman–Crippen MR) is 89.9 cm³/mol. The number of hydrogen-bond donors (Lipinski definition) is 0. The number of likely N-dealkylation sites (tertiary alicyclic amines) is 1. The van der Waals surface area contributed by atoms with Gasteiger partial charge in [-0.3, -0.25) is 4.79 Å². The second kappa shape index (κ2) is 6.51. The molecular formula is C18H18FN5O. The van der Waals surface area contributed by atoms with Crippen LogP contribution in [0.5, 0.6) is 0 Å². The topological polar surface area (TPSA) is 56.0 Å². The van der Waals surface area contributed by atoms with Crippen LogP contribution in [-0.4, -0.2) is 43.2 Å². The Morgan fingerprint density at radius 1 is 1.24 bits per heavy atom. The Kier molecular flexibility index (Phi) is 4.05. The Hall–Kier alpha value is -2.96. The summed E-state index contributed by atoms with van der Waals surface area (Å²) in [6, 6.07) is 8.05. The number of benzene rings is 1. The number of carbonyl (C=O) groups is 1. The lowest BCUT2D eigenvalue weighted by Gasteiger charge is -2.32. The monoisotopic (exact) mass is 339 g/mol. The van der Waals surface area contributed by atoms with Gasteiger partial charge in [0.15, 0.2) is 5.69 Å². The van der Waals surface area contributed by atoms with Crippen LogP contribution in [0.4, 0.5) is 4.39 Å². The molecule has 2 aromatic heterocycles. The molecule has 0 radical (unpaired) electrons. The maximum absolute atomic E-state index is 13.4. The average Bonchev–Trinajstić information content (AvgIpc) is 3.33. The molecule has 1 aliphatic rings. The van der Waals surface area contributed by atoms with Gasteiger partial charge in [-0.25, -0.2) is 14.1 Å². The Bertz CT molecular complexity index is 873. The summed E-state index contributed by atoms with van der Waals surface area (Å²) in [7, 11) is 0. The summed E-state index contributed by atoms with van der Waals surface area (Å²) >= 11 is 0. The molecule has 1 atom stereocenters. The third-order valence-electron chi connectivity index (χ3n) is 4.51. The van der Waals surface area contributed by atoms with Crippen molar-refractivity contribution in [2.24, 2.45) is 0 Å². The highest BCUT2D eigenvalue weighted by molar-refractivity contribution is 5.92. The third-order valence-corrected chi connectivity index (χ3v) is 4.51. The third kappa shape index (κ3) is 3.17. The molecular weight excluding hydrogens is 321 g/mol. The van der Waals surface area contributed by atoms with E-state index in [4.69, 9.17) is 0 Å². The molecule has 7 heteroatoms. The lowest BCUT2D eigenvalue weighted by Crippen LogP contribution is -2.40. The van der Waals surface area contributed by atoms with E-state index in [9.17, 15) is 9.18 Å². The molecule has 25 heavy (non-hydrogen) atoms. The van der Waals surface area contributed by atoms with Crippen molar-refractivity contribution < 1.29 is 9.18 Å². The Balaban J connectivity index is 1.51. The standard InChI is InChI=1S/C18H18FN5O/c19-14-3-1-4-15(11-14)24-9-6-17(21-24)18(25)22-8-2-5-16(12-22)23-10-7-20-13-23/h1,3-4,6-7,9-11,13,16H,2,5,8,12H2/t16-/m1/s1. The molecule has 1 saturated heterocycles. The van der Waals surface area contributed by atoms with Gasteiger partial charge in [0, 0.05) is 31.7 Å². The zero-order valence-corrected chi connectivity index (χ0v) is 13.6. The average molecular weight is 339 g/mol. The van der Waals surface area contributed by atoms with Crippen LogP contribution < -0.4 is 0 Å². The largest absolute Gasteiger partial charge is 0.335 e. The first kappa shape index (κ1) is 15.6. The molecule has 1 fully saturated rings. The van der Waals surface area contributed by atoms with Gasteiger partial charge < -0.3 is 9.47 Å². The van der Waals surface area contributed by atoms with Crippen LogP contribution in [0, 0.1) is 5.82 Å². The lowest BCUT2D eigenvalue weighted by atomic mass is 10.1. The zero-order chi connectivity index (χ0) is 17.2.